The number of rotatable bonds is 16. The minimum atomic E-state index is -0.538. The molecule has 5 atom stereocenters. The number of methoxy groups -OCH3 is 5. The van der Waals surface area contributed by atoms with Gasteiger partial charge in [-0.3, -0.25) is 25.2 Å². The Bertz CT molecular complexity index is 7200. The predicted molar refractivity (Wildman–Crippen MR) is 540 cm³/mol. The molecule has 5 aliphatic heterocycles. The van der Waals surface area contributed by atoms with Gasteiger partial charge in [-0.2, -0.15) is 4.68 Å². The molecule has 135 heavy (non-hydrogen) atoms. The minimum Gasteiger partial charge on any atom is -0.496 e. The Hall–Kier alpha value is -13.9. The van der Waals surface area contributed by atoms with Gasteiger partial charge in [-0.05, 0) is 225 Å². The number of nitrogens with one attached hydrogen (secondary N) is 5. The lowest BCUT2D eigenvalue weighted by Gasteiger charge is -2.25. The molecule has 0 amide bonds. The van der Waals surface area contributed by atoms with Crippen molar-refractivity contribution in [2.24, 2.45) is 17.2 Å². The zero-order valence-electron chi connectivity index (χ0n) is 70.4. The van der Waals surface area contributed by atoms with Gasteiger partial charge in [0.25, 0.3) is 0 Å². The molecule has 10 aromatic heterocycles. The van der Waals surface area contributed by atoms with Gasteiger partial charge in [0.15, 0.2) is 23.5 Å². The Morgan fingerprint density at radius 2 is 0.689 bits per heavy atom. The molecule has 40 heteroatoms. The fourth-order valence-electron chi connectivity index (χ4n) is 15.5. The van der Waals surface area contributed by atoms with E-state index in [9.17, 15) is 4.79 Å². The topological polar surface area (TPSA) is 354 Å². The van der Waals surface area contributed by atoms with Crippen molar-refractivity contribution < 1.29 is 52.2 Å². The number of benzene rings is 5. The molecule has 0 spiro atoms. The normalized spacial score (nSPS) is 15.5. The van der Waals surface area contributed by atoms with Gasteiger partial charge in [0.2, 0.25) is 63.8 Å². The molecular weight excluding hydrogens is 2140 g/mol. The molecule has 0 saturated carbocycles. The van der Waals surface area contributed by atoms with Crippen LogP contribution in [0.25, 0.3) is 77.1 Å². The molecular formula is C95H76Br5N19O11S5. The maximum absolute atomic E-state index is 12.3. The average molecular weight is 2220 g/mol. The van der Waals surface area contributed by atoms with Crippen LogP contribution in [-0.2, 0) is 0 Å². The Labute approximate surface area is 836 Å². The van der Waals surface area contributed by atoms with Gasteiger partial charge in [-0.1, -0.05) is 75.5 Å². The summed E-state index contributed by atoms with van der Waals surface area (Å²) in [5, 5.41) is 46.7. The number of aromatic nitrogens is 10. The number of hydrogen-bond donors (Lipinski definition) is 8. The Balaban J connectivity index is 0.000000135. The van der Waals surface area contributed by atoms with Crippen LogP contribution < -0.4 is 69.9 Å². The quantitative estimate of drug-likeness (QED) is 0.0417. The van der Waals surface area contributed by atoms with Crippen LogP contribution in [0.1, 0.15) is 112 Å². The van der Waals surface area contributed by atoms with Crippen molar-refractivity contribution in [3.05, 3.63) is 372 Å². The van der Waals surface area contributed by atoms with Crippen molar-refractivity contribution in [1.82, 2.24) is 55.9 Å². The maximum Gasteiger partial charge on any atom is 0.244 e. The highest BCUT2D eigenvalue weighted by Crippen LogP contribution is 2.55. The number of thiophene rings is 5. The molecule has 5 unspecified atom stereocenters. The predicted octanol–water partition coefficient (Wildman–Crippen LogP) is 24.8. The second-order valence-corrected chi connectivity index (χ2v) is 37.6. The van der Waals surface area contributed by atoms with Crippen molar-refractivity contribution in [2.45, 2.75) is 51.4 Å². The second kappa shape index (κ2) is 42.5. The van der Waals surface area contributed by atoms with E-state index in [2.05, 4.69) is 155 Å². The summed E-state index contributed by atoms with van der Waals surface area (Å²) in [6.45, 7) is 39.7. The van der Waals surface area contributed by atoms with E-state index in [1.54, 1.807) is 87.9 Å². The van der Waals surface area contributed by atoms with Gasteiger partial charge in [0.1, 0.15) is 28.7 Å². The van der Waals surface area contributed by atoms with Crippen LogP contribution in [0.4, 0.5) is 0 Å². The van der Waals surface area contributed by atoms with Crippen LogP contribution >= 0.6 is 136 Å². The number of aromatic amines is 4. The number of nitrogens with two attached hydrogens (primary N) is 3. The molecule has 15 heterocycles. The van der Waals surface area contributed by atoms with Crippen LogP contribution in [0.2, 0.25) is 0 Å². The van der Waals surface area contributed by atoms with E-state index in [1.807, 2.05) is 179 Å². The van der Waals surface area contributed by atoms with Gasteiger partial charge < -0.3 is 69.9 Å². The van der Waals surface area contributed by atoms with E-state index in [1.165, 1.54) is 29.2 Å². The minimum absolute atomic E-state index is 0. The SMILES string of the molecule is C.C.[C-]#[N+]C1=C(N)Oc2n[nH]c(-c3cccs3)c2C1c1ccc(OC)c(Br)c1.[C-]#[N+]C1=C(N)Oc2n[nH]c(-c3cccs3)c2C1c1ccc(OC)c(Br)c1.[C-]#[N+]C1=C(N)Oc2nn(C(C)=O)c(-c3cccs3)c2C1c1ccc(OC)c(Br)c1.[C-]#[N+]C1=C(NC)Oc2n[nH]c(-c3cccs3)c2C1c1ccc(OC)c(Br)c1.[C-]#[N+]C1=COc2n[nH]c(-c3cccs3)c2C1c1ccc(OC)c(Br)c1. The standard InChI is InChI=1S/C20H15BrN4O3S.C19H15BrN4O2S.2C18H13BrN4O2S.C18H12BrN3O2S.2CH4/c1-10(26)25-18(14-5-4-8-29-14)16-15(11-6-7-13(27-3)12(21)9-11)17(23-2)19(22)28-20(16)24-25;1-21-17-14(10-6-7-12(25-3)11(20)9-10)15-16(13-5-4-8-27-13)23-24-18(15)26-19(17)22-2;2*1-21-16-13(9-5-6-11(24-2)10(19)8-9)14-15(12-4-3-7-26-12)22-23-18(14)25-17(16)20;1-20-12-9-24-18-16(17(21-22-18)14-4-3-7-25-14)15(12)10-5-6-13(23-2)11(19)8-10;;/h4-9,15H,22H2,1,3H3;4-9,14,22H,2-3H3,(H,23,24);2*3-8,13H,20H2,2H3,(H,22,23);3-9,15H,2H3,(H,21,22);2*1H4. The largest absolute Gasteiger partial charge is 0.496 e. The van der Waals surface area contributed by atoms with Crippen molar-refractivity contribution in [3.8, 4) is 111 Å². The first-order valence-electron chi connectivity index (χ1n) is 39.3. The van der Waals surface area contributed by atoms with Gasteiger partial charge in [0.05, 0.1) is 179 Å². The van der Waals surface area contributed by atoms with Gasteiger partial charge in [0, 0.05) is 41.8 Å². The average Bonchev–Trinajstić information content (AvgIpc) is 1.56. The number of allylic oxidation sites excluding steroid dienone is 5. The summed E-state index contributed by atoms with van der Waals surface area (Å²) in [5.74, 6) is 4.02. The number of hydrogen-bond acceptors (Lipinski definition) is 25. The fourth-order valence-corrected chi connectivity index (χ4v) is 22.0. The van der Waals surface area contributed by atoms with Crippen LogP contribution in [0.15, 0.2) is 259 Å². The molecule has 11 N–H and O–H groups in total. The lowest BCUT2D eigenvalue weighted by molar-refractivity contribution is 0.0921. The van der Waals surface area contributed by atoms with Crippen molar-refractivity contribution in [2.75, 3.05) is 42.6 Å². The van der Waals surface area contributed by atoms with Crippen LogP contribution in [0.3, 0.4) is 0 Å². The summed E-state index contributed by atoms with van der Waals surface area (Å²) in [5.41, 5.74) is 32.6. The van der Waals surface area contributed by atoms with Crippen LogP contribution in [0.5, 0.6) is 58.1 Å². The number of nitrogens with zero attached hydrogens (tertiary/aromatic N) is 11. The van der Waals surface area contributed by atoms with E-state index < -0.39 is 5.92 Å². The molecule has 682 valence electrons. The summed E-state index contributed by atoms with van der Waals surface area (Å²) in [4.78, 5) is 35.7. The Morgan fingerprint density at radius 3 is 0.978 bits per heavy atom. The Kier molecular flexibility index (Phi) is 30.6. The van der Waals surface area contributed by atoms with E-state index in [4.69, 9.17) is 97.4 Å². The summed E-state index contributed by atoms with van der Waals surface area (Å²) in [6.07, 6.45) is 1.48. The van der Waals surface area contributed by atoms with Crippen LogP contribution in [-0.4, -0.2) is 99.1 Å². The molecule has 0 radical (unpaired) electrons. The third kappa shape index (κ3) is 19.0. The number of carbonyl (C=O) groups is 1. The van der Waals surface area contributed by atoms with Gasteiger partial charge in [-0.15, -0.1) is 82.2 Å². The fraction of sp³-hybridized carbons (Fsp3) is 0.147. The highest BCUT2D eigenvalue weighted by molar-refractivity contribution is 9.11. The van der Waals surface area contributed by atoms with Crippen LogP contribution in [0, 0.1) is 32.9 Å². The molecule has 0 bridgehead atoms. The summed E-state index contributed by atoms with van der Waals surface area (Å²) in [7, 11) is 9.79. The molecule has 15 aromatic rings. The lowest BCUT2D eigenvalue weighted by Crippen LogP contribution is -2.23. The van der Waals surface area contributed by atoms with E-state index in [0.717, 1.165) is 131 Å². The van der Waals surface area contributed by atoms with Gasteiger partial charge in [-0.25, -0.2) is 24.2 Å². The van der Waals surface area contributed by atoms with Crippen molar-refractivity contribution in [3.63, 3.8) is 0 Å². The third-order valence-electron chi connectivity index (χ3n) is 21.4. The summed E-state index contributed by atoms with van der Waals surface area (Å²) >= 11 is 25.5. The van der Waals surface area contributed by atoms with Crippen molar-refractivity contribution in [1.29, 1.82) is 0 Å². The molecule has 0 fully saturated rings. The van der Waals surface area contributed by atoms with E-state index in [-0.39, 0.29) is 73.7 Å². The molecule has 5 aliphatic rings. The number of ether oxygens (including phenoxy) is 10. The number of halogens is 5. The lowest BCUT2D eigenvalue weighted by atomic mass is 9.86. The molecule has 20 rings (SSSR count). The van der Waals surface area contributed by atoms with E-state index >= 15 is 0 Å². The summed E-state index contributed by atoms with van der Waals surface area (Å²) < 4.78 is 60.3. The number of fused-ring (bicyclic) bond motifs is 5. The van der Waals surface area contributed by atoms with Crippen molar-refractivity contribution >= 4 is 142 Å². The number of H-pyrrole nitrogens is 4. The molecule has 5 aromatic carbocycles. The summed E-state index contributed by atoms with van der Waals surface area (Å²) in [6, 6.07) is 48.4. The molecule has 30 nitrogen and oxygen atoms in total. The zero-order chi connectivity index (χ0) is 93.6. The van der Waals surface area contributed by atoms with Gasteiger partial charge >= 0.3 is 0 Å². The first kappa shape index (κ1) is 97.1. The third-order valence-corrected chi connectivity index (χ3v) is 28.9. The zero-order valence-corrected chi connectivity index (χ0v) is 82.4. The first-order chi connectivity index (χ1) is 64.6. The maximum atomic E-state index is 12.3. The molecule has 0 aliphatic carbocycles. The first-order valence-corrected chi connectivity index (χ1v) is 47.7. The molecule has 0 saturated heterocycles. The number of carbonyl (C=O) groups excluding carboxylic acids is 1. The van der Waals surface area contributed by atoms with E-state index in [0.29, 0.717) is 80.7 Å². The highest BCUT2D eigenvalue weighted by atomic mass is 79.9. The highest BCUT2D eigenvalue weighted by Gasteiger charge is 2.43. The second-order valence-electron chi connectivity index (χ2n) is 28.6. The Morgan fingerprint density at radius 1 is 0.400 bits per heavy atom. The smallest absolute Gasteiger partial charge is 0.244 e. The monoisotopic (exact) mass is 2210 g/mol.